The molecule has 0 aliphatic carbocycles. The number of fused-ring (bicyclic) bond motifs is 1. The highest BCUT2D eigenvalue weighted by atomic mass is 14.9. The van der Waals surface area contributed by atoms with Crippen molar-refractivity contribution in [2.45, 2.75) is 26.8 Å². The molecule has 1 heteroatoms. The molecule has 0 saturated heterocycles. The van der Waals surface area contributed by atoms with Gasteiger partial charge in [0.15, 0.2) is 0 Å². The van der Waals surface area contributed by atoms with Gasteiger partial charge in [0.2, 0.25) is 0 Å². The lowest BCUT2D eigenvalue weighted by Crippen LogP contribution is -2.15. The molecular formula is C24H23N. The summed E-state index contributed by atoms with van der Waals surface area (Å²) in [4.78, 5) is 0. The highest BCUT2D eigenvalue weighted by molar-refractivity contribution is 5.89. The van der Waals surface area contributed by atoms with Crippen LogP contribution in [0.4, 0.5) is 5.69 Å². The third-order valence-corrected chi connectivity index (χ3v) is 4.91. The van der Waals surface area contributed by atoms with Crippen molar-refractivity contribution < 1.29 is 0 Å². The van der Waals surface area contributed by atoms with Crippen LogP contribution < -0.4 is 5.32 Å². The van der Waals surface area contributed by atoms with Gasteiger partial charge in [-0.1, -0.05) is 71.3 Å². The van der Waals surface area contributed by atoms with Gasteiger partial charge >= 0.3 is 0 Å². The predicted octanol–water partition coefficient (Wildman–Crippen LogP) is 6.21. The Morgan fingerprint density at radius 3 is 1.96 bits per heavy atom. The lowest BCUT2D eigenvalue weighted by molar-refractivity contribution is 0.970. The Kier molecular flexibility index (Phi) is 3.93. The number of aryl methyl sites for hydroxylation is 3. The number of hydrogen-bond acceptors (Lipinski definition) is 1. The van der Waals surface area contributed by atoms with Crippen molar-refractivity contribution in [2.24, 2.45) is 0 Å². The van der Waals surface area contributed by atoms with E-state index in [1.165, 1.54) is 44.6 Å². The Balaban J connectivity index is 1.85. The van der Waals surface area contributed by atoms with Crippen LogP contribution in [-0.4, -0.2) is 0 Å². The zero-order chi connectivity index (χ0) is 17.4. The van der Waals surface area contributed by atoms with Crippen LogP contribution >= 0.6 is 0 Å². The van der Waals surface area contributed by atoms with Gasteiger partial charge in [0.05, 0.1) is 6.04 Å². The van der Waals surface area contributed by atoms with E-state index < -0.39 is 0 Å². The van der Waals surface area contributed by atoms with E-state index in [4.69, 9.17) is 0 Å². The van der Waals surface area contributed by atoms with Crippen LogP contribution in [0.25, 0.3) is 5.57 Å². The molecular weight excluding hydrogens is 302 g/mol. The summed E-state index contributed by atoms with van der Waals surface area (Å²) in [6.07, 6.45) is 2.36. The van der Waals surface area contributed by atoms with E-state index in [9.17, 15) is 0 Å². The topological polar surface area (TPSA) is 12.0 Å². The molecule has 0 radical (unpaired) electrons. The fourth-order valence-electron chi connectivity index (χ4n) is 3.41. The smallest absolute Gasteiger partial charge is 0.0707 e. The maximum absolute atomic E-state index is 3.69. The number of hydrogen-bond donors (Lipinski definition) is 1. The molecule has 1 aliphatic heterocycles. The van der Waals surface area contributed by atoms with Gasteiger partial charge in [-0.25, -0.2) is 0 Å². The first-order chi connectivity index (χ1) is 12.1. The number of rotatable bonds is 2. The van der Waals surface area contributed by atoms with Crippen LogP contribution in [0.1, 0.15) is 39.4 Å². The van der Waals surface area contributed by atoms with Gasteiger partial charge < -0.3 is 5.32 Å². The van der Waals surface area contributed by atoms with E-state index in [0.29, 0.717) is 0 Å². The van der Waals surface area contributed by atoms with Gasteiger partial charge in [0, 0.05) is 11.3 Å². The fraction of sp³-hybridized carbons (Fsp3) is 0.167. The highest BCUT2D eigenvalue weighted by Gasteiger charge is 2.21. The summed E-state index contributed by atoms with van der Waals surface area (Å²) in [6, 6.07) is 24.5. The Morgan fingerprint density at radius 2 is 1.28 bits per heavy atom. The average Bonchev–Trinajstić information content (AvgIpc) is 2.62. The Hall–Kier alpha value is -2.80. The highest BCUT2D eigenvalue weighted by Crippen LogP contribution is 2.39. The molecule has 0 fully saturated rings. The van der Waals surface area contributed by atoms with E-state index in [1.807, 2.05) is 0 Å². The molecule has 124 valence electrons. The summed E-state index contributed by atoms with van der Waals surface area (Å²) >= 11 is 0. The molecule has 3 aromatic carbocycles. The van der Waals surface area contributed by atoms with Crippen LogP contribution in [0.5, 0.6) is 0 Å². The van der Waals surface area contributed by atoms with E-state index in [-0.39, 0.29) is 6.04 Å². The van der Waals surface area contributed by atoms with Gasteiger partial charge in [0.1, 0.15) is 0 Å². The first-order valence-corrected chi connectivity index (χ1v) is 8.83. The molecule has 3 aromatic rings. The van der Waals surface area contributed by atoms with Gasteiger partial charge in [-0.05, 0) is 55.7 Å². The van der Waals surface area contributed by atoms with Crippen molar-refractivity contribution in [1.29, 1.82) is 0 Å². The maximum Gasteiger partial charge on any atom is 0.0707 e. The number of nitrogens with one attached hydrogen (secondary N) is 1. The van der Waals surface area contributed by atoms with E-state index in [1.54, 1.807) is 0 Å². The minimum atomic E-state index is 0.187. The summed E-state index contributed by atoms with van der Waals surface area (Å²) < 4.78 is 0. The second-order valence-electron chi connectivity index (χ2n) is 7.03. The summed E-state index contributed by atoms with van der Waals surface area (Å²) in [5.41, 5.74) is 10.2. The van der Waals surface area contributed by atoms with Gasteiger partial charge in [-0.3, -0.25) is 0 Å². The van der Waals surface area contributed by atoms with Crippen LogP contribution in [-0.2, 0) is 0 Å². The molecule has 1 nitrogen and oxygen atoms in total. The second kappa shape index (κ2) is 6.25. The zero-order valence-electron chi connectivity index (χ0n) is 15.0. The van der Waals surface area contributed by atoms with E-state index in [2.05, 4.69) is 98.9 Å². The summed E-state index contributed by atoms with van der Waals surface area (Å²) in [5.74, 6) is 0. The Labute approximate surface area is 150 Å². The first-order valence-electron chi connectivity index (χ1n) is 8.83. The Morgan fingerprint density at radius 1 is 0.680 bits per heavy atom. The quantitative estimate of drug-likeness (QED) is 0.590. The van der Waals surface area contributed by atoms with Crippen LogP contribution in [0.3, 0.4) is 0 Å². The molecule has 0 saturated carbocycles. The van der Waals surface area contributed by atoms with Gasteiger partial charge in [-0.15, -0.1) is 0 Å². The van der Waals surface area contributed by atoms with Crippen LogP contribution in [0.15, 0.2) is 72.8 Å². The average molecular weight is 325 g/mol. The zero-order valence-corrected chi connectivity index (χ0v) is 15.0. The normalized spacial score (nSPS) is 16.0. The van der Waals surface area contributed by atoms with Crippen LogP contribution in [0, 0.1) is 20.8 Å². The predicted molar refractivity (Wildman–Crippen MR) is 107 cm³/mol. The third-order valence-electron chi connectivity index (χ3n) is 4.91. The minimum absolute atomic E-state index is 0.187. The largest absolute Gasteiger partial charge is 0.374 e. The van der Waals surface area contributed by atoms with E-state index in [0.717, 1.165) is 0 Å². The molecule has 1 aliphatic rings. The van der Waals surface area contributed by atoms with Crippen molar-refractivity contribution in [1.82, 2.24) is 0 Å². The van der Waals surface area contributed by atoms with Crippen molar-refractivity contribution in [3.63, 3.8) is 0 Å². The van der Waals surface area contributed by atoms with Crippen LogP contribution in [0.2, 0.25) is 0 Å². The molecule has 0 aromatic heterocycles. The standard InChI is InChI=1S/C24H23N/c1-16-4-9-19(10-5-16)21-15-24(20-11-6-17(2)7-12-20)25-23-13-8-18(3)14-22(21)23/h4-15,24-25H,1-3H3. The third kappa shape index (κ3) is 3.10. The minimum Gasteiger partial charge on any atom is -0.374 e. The first kappa shape index (κ1) is 15.7. The molecule has 0 amide bonds. The lowest BCUT2D eigenvalue weighted by atomic mass is 9.88. The molecule has 1 unspecified atom stereocenters. The lowest BCUT2D eigenvalue weighted by Gasteiger charge is -2.27. The van der Waals surface area contributed by atoms with Crippen molar-refractivity contribution in [3.05, 3.63) is 106 Å². The van der Waals surface area contributed by atoms with Gasteiger partial charge in [0.25, 0.3) is 0 Å². The molecule has 1 N–H and O–H groups in total. The van der Waals surface area contributed by atoms with Crippen molar-refractivity contribution >= 4 is 11.3 Å². The van der Waals surface area contributed by atoms with Gasteiger partial charge in [-0.2, -0.15) is 0 Å². The number of benzene rings is 3. The summed E-state index contributed by atoms with van der Waals surface area (Å²) in [6.45, 7) is 6.41. The molecule has 1 atom stereocenters. The molecule has 4 rings (SSSR count). The Bertz CT molecular complexity index is 931. The maximum atomic E-state index is 3.69. The number of anilines is 1. The molecule has 25 heavy (non-hydrogen) atoms. The van der Waals surface area contributed by atoms with E-state index >= 15 is 0 Å². The fourth-order valence-corrected chi connectivity index (χ4v) is 3.41. The second-order valence-corrected chi connectivity index (χ2v) is 7.03. The van der Waals surface area contributed by atoms with Crippen molar-refractivity contribution in [2.75, 3.05) is 5.32 Å². The summed E-state index contributed by atoms with van der Waals surface area (Å²) in [7, 11) is 0. The molecule has 1 heterocycles. The molecule has 0 bridgehead atoms. The monoisotopic (exact) mass is 325 g/mol. The SMILES string of the molecule is Cc1ccc(C2=CC(c3ccc(C)cc3)Nc3ccc(C)cc32)cc1. The molecule has 0 spiro atoms. The van der Waals surface area contributed by atoms with Crippen molar-refractivity contribution in [3.8, 4) is 0 Å². The summed E-state index contributed by atoms with van der Waals surface area (Å²) in [5, 5.41) is 3.69.